The minimum Gasteiger partial charge on any atom is -0.0761 e. The molecule has 26 aliphatic carbocycles. The molecule has 0 N–H and O–H groups in total. The first-order valence-corrected chi connectivity index (χ1v) is 18.9. The van der Waals surface area contributed by atoms with E-state index in [9.17, 15) is 0 Å². The lowest BCUT2D eigenvalue weighted by Gasteiger charge is -2.18. The fourth-order valence-electron chi connectivity index (χ4n) is 7.99. The van der Waals surface area contributed by atoms with Gasteiger partial charge in [0.1, 0.15) is 0 Å². The van der Waals surface area contributed by atoms with Crippen LogP contribution in [0.1, 0.15) is 23.5 Å². The van der Waals surface area contributed by atoms with Gasteiger partial charge in [-0.15, -0.1) is 0 Å². The molecule has 54 heavy (non-hydrogen) atoms. The number of hydrogen-bond donors (Lipinski definition) is 0. The average Bonchev–Trinajstić information content (AvgIpc) is 3.27. The lowest BCUT2D eigenvalue weighted by Crippen LogP contribution is -1.98. The maximum absolute atomic E-state index is 2.39. The Morgan fingerprint density at radius 2 is 0.444 bits per heavy atom. The lowest BCUT2D eigenvalue weighted by molar-refractivity contribution is 0.857. The molecule has 0 nitrogen and oxygen atoms in total. The van der Waals surface area contributed by atoms with E-state index >= 15 is 0 Å². The van der Waals surface area contributed by atoms with Crippen molar-refractivity contribution in [1.29, 1.82) is 0 Å². The summed E-state index contributed by atoms with van der Waals surface area (Å²) >= 11 is 0. The zero-order valence-corrected chi connectivity index (χ0v) is 30.0. The van der Waals surface area contributed by atoms with Crippen LogP contribution in [-0.2, 0) is 0 Å². The normalized spacial score (nSPS) is 14.1. The summed E-state index contributed by atoms with van der Waals surface area (Å²) in [4.78, 5) is 0. The minimum absolute atomic E-state index is 0.387. The Morgan fingerprint density at radius 3 is 0.648 bits per heavy atom. The Kier molecular flexibility index (Phi) is 8.08. The van der Waals surface area contributed by atoms with Crippen molar-refractivity contribution in [3.8, 4) is 77.9 Å². The third kappa shape index (κ3) is 6.23. The largest absolute Gasteiger partial charge is 0.0761 e. The Bertz CT molecular complexity index is 2620. The lowest BCUT2D eigenvalue weighted by atomic mass is 9.87. The summed E-state index contributed by atoms with van der Waals surface area (Å²) in [5.41, 5.74) is 21.1. The zero-order valence-electron chi connectivity index (χ0n) is 30.0. The van der Waals surface area contributed by atoms with Crippen molar-refractivity contribution in [3.63, 3.8) is 0 Å². The van der Waals surface area contributed by atoms with Gasteiger partial charge in [-0.2, -0.15) is 0 Å². The second-order valence-corrected chi connectivity index (χ2v) is 14.5. The molecule has 0 amide bonds. The first-order chi connectivity index (χ1) is 26.7. The molecular weight excluding hydrogens is 649 g/mol. The topological polar surface area (TPSA) is 0 Å². The number of allylic oxidation sites excluding steroid dienone is 4. The third-order valence-corrected chi connectivity index (χ3v) is 11.3. The molecule has 0 heterocycles. The Morgan fingerprint density at radius 1 is 0.241 bits per heavy atom. The van der Waals surface area contributed by atoms with E-state index in [1.165, 1.54) is 94.6 Å². The van der Waals surface area contributed by atoms with Crippen LogP contribution in [0.2, 0.25) is 0 Å². The standard InChI is InChI=1S/C54H38/c1-2-38-4-3-37(1)39-5-7-41(8-6-39)43-13-15-45(16-14-43)47-21-23-49(24-22-47)51-29-31-53(32-30-51)54-35-33-52(34-36-54)50-27-25-48(26-28-50)46-19-17-44(18-20-46)42-11-9-40(38)10-12-42/h1-35,54H,36H2. The molecule has 1 unspecified atom stereocenters. The first kappa shape index (κ1) is 31.9. The van der Waals surface area contributed by atoms with Gasteiger partial charge in [-0.05, 0) is 101 Å². The quantitative estimate of drug-likeness (QED) is 0.149. The maximum atomic E-state index is 2.39. The fourth-order valence-corrected chi connectivity index (χ4v) is 7.99. The summed E-state index contributed by atoms with van der Waals surface area (Å²) in [7, 11) is 0. The SMILES string of the molecule is C1=CC2CC=C1c1ccc(cc1)-c1ccc(cc1)-c1ccc(cc1)-c1ccc(cc1)-c1ccc(cc1)-c1ccc(cc1)-c1ccc(cc1)-c1ccc2cc1. The van der Waals surface area contributed by atoms with Crippen LogP contribution >= 0.6 is 0 Å². The molecule has 1 atom stereocenters. The highest BCUT2D eigenvalue weighted by Gasteiger charge is 2.13. The Labute approximate surface area is 318 Å². The van der Waals surface area contributed by atoms with E-state index in [1.807, 2.05) is 0 Å². The van der Waals surface area contributed by atoms with Gasteiger partial charge in [0.25, 0.3) is 0 Å². The van der Waals surface area contributed by atoms with Crippen LogP contribution in [0.3, 0.4) is 0 Å². The molecule has 18 bridgehead atoms. The molecule has 0 saturated heterocycles. The average molecular weight is 687 g/mol. The van der Waals surface area contributed by atoms with Crippen LogP contribution in [0.25, 0.3) is 83.5 Å². The molecule has 0 radical (unpaired) electrons. The van der Waals surface area contributed by atoms with Crippen LogP contribution in [0.15, 0.2) is 212 Å². The van der Waals surface area contributed by atoms with Gasteiger partial charge >= 0.3 is 0 Å². The predicted octanol–water partition coefficient (Wildman–Crippen LogP) is 14.8. The second-order valence-electron chi connectivity index (χ2n) is 14.5. The van der Waals surface area contributed by atoms with E-state index in [-0.39, 0.29) is 0 Å². The van der Waals surface area contributed by atoms with Crippen LogP contribution < -0.4 is 0 Å². The first-order valence-electron chi connectivity index (χ1n) is 18.9. The smallest absolute Gasteiger partial charge is 0.00561 e. The van der Waals surface area contributed by atoms with Crippen molar-refractivity contribution in [2.24, 2.45) is 0 Å². The van der Waals surface area contributed by atoms with Gasteiger partial charge in [0.2, 0.25) is 0 Å². The van der Waals surface area contributed by atoms with Crippen molar-refractivity contribution in [3.05, 3.63) is 223 Å². The molecule has 0 spiro atoms. The zero-order chi connectivity index (χ0) is 35.8. The molecule has 0 saturated carbocycles. The van der Waals surface area contributed by atoms with Crippen LogP contribution in [0.4, 0.5) is 0 Å². The van der Waals surface area contributed by atoms with Gasteiger partial charge in [-0.1, -0.05) is 212 Å². The second kappa shape index (κ2) is 13.7. The van der Waals surface area contributed by atoms with Crippen molar-refractivity contribution in [2.45, 2.75) is 12.3 Å². The van der Waals surface area contributed by atoms with E-state index in [1.54, 1.807) is 0 Å². The van der Waals surface area contributed by atoms with Crippen molar-refractivity contribution in [2.75, 3.05) is 0 Å². The molecule has 0 fully saturated rings. The van der Waals surface area contributed by atoms with Gasteiger partial charge in [-0.3, -0.25) is 0 Å². The summed E-state index contributed by atoms with van der Waals surface area (Å²) in [6.45, 7) is 0. The summed E-state index contributed by atoms with van der Waals surface area (Å²) in [6, 6.07) is 71.7. The highest BCUT2D eigenvalue weighted by Crippen LogP contribution is 2.35. The Hall–Kier alpha value is -6.76. The summed E-state index contributed by atoms with van der Waals surface area (Å²) in [5.74, 6) is 0.387. The fraction of sp³-hybridized carbons (Fsp3) is 0.0370. The van der Waals surface area contributed by atoms with Crippen LogP contribution in [-0.4, -0.2) is 0 Å². The molecule has 0 aliphatic heterocycles. The van der Waals surface area contributed by atoms with Gasteiger partial charge in [-0.25, -0.2) is 0 Å². The highest BCUT2D eigenvalue weighted by atomic mass is 14.2. The summed E-state index contributed by atoms with van der Waals surface area (Å²) in [5, 5.41) is 0. The van der Waals surface area contributed by atoms with Crippen molar-refractivity contribution < 1.29 is 0 Å². The molecule has 254 valence electrons. The van der Waals surface area contributed by atoms with Crippen molar-refractivity contribution >= 4 is 5.57 Å². The predicted molar refractivity (Wildman–Crippen MR) is 229 cm³/mol. The van der Waals surface area contributed by atoms with E-state index in [0.717, 1.165) is 6.42 Å². The van der Waals surface area contributed by atoms with Crippen molar-refractivity contribution in [1.82, 2.24) is 0 Å². The van der Waals surface area contributed by atoms with E-state index < -0.39 is 0 Å². The molecule has 8 aromatic rings. The highest BCUT2D eigenvalue weighted by molar-refractivity contribution is 5.80. The van der Waals surface area contributed by atoms with E-state index in [0.29, 0.717) is 5.92 Å². The molecule has 26 aliphatic rings. The molecular formula is C54H38. The molecule has 0 heteroatoms. The minimum atomic E-state index is 0.387. The number of benzene rings is 8. The van der Waals surface area contributed by atoms with Gasteiger partial charge in [0.15, 0.2) is 0 Å². The monoisotopic (exact) mass is 686 g/mol. The van der Waals surface area contributed by atoms with E-state index in [2.05, 4.69) is 212 Å². The Balaban J connectivity index is 0.969. The van der Waals surface area contributed by atoms with Gasteiger partial charge < -0.3 is 0 Å². The van der Waals surface area contributed by atoms with Gasteiger partial charge in [0, 0.05) is 5.92 Å². The molecule has 0 aromatic heterocycles. The maximum Gasteiger partial charge on any atom is 0.00561 e. The molecule has 8 aromatic carbocycles. The third-order valence-electron chi connectivity index (χ3n) is 11.3. The van der Waals surface area contributed by atoms with Crippen LogP contribution in [0, 0.1) is 0 Å². The number of hydrogen-bond acceptors (Lipinski definition) is 0. The van der Waals surface area contributed by atoms with Crippen LogP contribution in [0.5, 0.6) is 0 Å². The summed E-state index contributed by atoms with van der Waals surface area (Å²) in [6.07, 6.45) is 8.05. The summed E-state index contributed by atoms with van der Waals surface area (Å²) < 4.78 is 0. The number of rotatable bonds is 0. The van der Waals surface area contributed by atoms with E-state index in [4.69, 9.17) is 0 Å². The molecule has 34 rings (SSSR count). The van der Waals surface area contributed by atoms with Gasteiger partial charge in [0.05, 0.1) is 0 Å².